The lowest BCUT2D eigenvalue weighted by Gasteiger charge is -2.37. The second-order valence-electron chi connectivity index (χ2n) is 5.43. The van der Waals surface area contributed by atoms with E-state index in [1.54, 1.807) is 0 Å². The van der Waals surface area contributed by atoms with Crippen molar-refractivity contribution in [2.45, 2.75) is 38.5 Å². The maximum atomic E-state index is 11.5. The molecule has 0 bridgehead atoms. The Kier molecular flexibility index (Phi) is 4.40. The fourth-order valence-electron chi connectivity index (χ4n) is 2.94. The monoisotopic (exact) mass is 241 g/mol. The van der Waals surface area contributed by atoms with Gasteiger partial charge >= 0.3 is 5.97 Å². The van der Waals surface area contributed by atoms with E-state index in [0.29, 0.717) is 13.2 Å². The van der Waals surface area contributed by atoms with Gasteiger partial charge in [0.25, 0.3) is 0 Å². The fourth-order valence-corrected chi connectivity index (χ4v) is 2.94. The lowest BCUT2D eigenvalue weighted by Crippen LogP contribution is -2.48. The topological polar surface area (TPSA) is 49.8 Å². The first-order valence-electron chi connectivity index (χ1n) is 6.76. The number of nitrogens with zero attached hydrogens (tertiary/aromatic N) is 1. The molecule has 2 aliphatic rings. The minimum absolute atomic E-state index is 0.388. The number of rotatable bonds is 3. The molecule has 0 saturated carbocycles. The van der Waals surface area contributed by atoms with Gasteiger partial charge in [-0.2, -0.15) is 0 Å². The smallest absolute Gasteiger partial charge is 0.313 e. The second kappa shape index (κ2) is 5.83. The van der Waals surface area contributed by atoms with Gasteiger partial charge in [-0.3, -0.25) is 4.79 Å². The number of aliphatic carboxylic acids is 1. The summed E-state index contributed by atoms with van der Waals surface area (Å²) >= 11 is 0. The Hall–Kier alpha value is -0.610. The molecule has 0 aromatic heterocycles. The number of carboxylic acids is 1. The third-order valence-electron chi connectivity index (χ3n) is 4.00. The molecule has 1 atom stereocenters. The van der Waals surface area contributed by atoms with Gasteiger partial charge in [0.15, 0.2) is 0 Å². The van der Waals surface area contributed by atoms with E-state index >= 15 is 0 Å². The van der Waals surface area contributed by atoms with Crippen molar-refractivity contribution >= 4 is 5.97 Å². The van der Waals surface area contributed by atoms with Gasteiger partial charge in [-0.15, -0.1) is 0 Å². The van der Waals surface area contributed by atoms with Crippen LogP contribution in [0.1, 0.15) is 38.5 Å². The molecular formula is C13H23NO3. The number of hydrogen-bond acceptors (Lipinski definition) is 3. The Balaban J connectivity index is 1.98. The summed E-state index contributed by atoms with van der Waals surface area (Å²) in [4.78, 5) is 13.9. The fraction of sp³-hybridized carbons (Fsp3) is 0.923. The molecule has 2 rings (SSSR count). The molecule has 1 unspecified atom stereocenters. The number of carbonyl (C=O) groups is 1. The molecule has 2 heterocycles. The predicted molar refractivity (Wildman–Crippen MR) is 65.0 cm³/mol. The van der Waals surface area contributed by atoms with Gasteiger partial charge < -0.3 is 14.7 Å². The van der Waals surface area contributed by atoms with Gasteiger partial charge in [-0.05, 0) is 38.8 Å². The van der Waals surface area contributed by atoms with E-state index in [0.717, 1.165) is 32.5 Å². The average molecular weight is 241 g/mol. The Bertz CT molecular complexity index is 253. The van der Waals surface area contributed by atoms with Gasteiger partial charge in [0.05, 0.1) is 6.61 Å². The number of hydrogen-bond donors (Lipinski definition) is 1. The Labute approximate surface area is 103 Å². The number of likely N-dealkylation sites (tertiary alicyclic amines) is 1. The number of carboxylic acid groups (broad SMARTS) is 1. The van der Waals surface area contributed by atoms with Crippen LogP contribution < -0.4 is 0 Å². The molecule has 4 heteroatoms. The molecule has 2 aliphatic heterocycles. The van der Waals surface area contributed by atoms with E-state index in [9.17, 15) is 9.90 Å². The molecule has 0 amide bonds. The van der Waals surface area contributed by atoms with Crippen molar-refractivity contribution in [3.05, 3.63) is 0 Å². The van der Waals surface area contributed by atoms with Gasteiger partial charge in [0, 0.05) is 13.2 Å². The van der Waals surface area contributed by atoms with Crippen LogP contribution in [0.4, 0.5) is 0 Å². The number of ether oxygens (including phenoxy) is 1. The van der Waals surface area contributed by atoms with Crippen molar-refractivity contribution in [2.75, 3.05) is 32.8 Å². The maximum absolute atomic E-state index is 11.5. The minimum atomic E-state index is -0.679. The normalized spacial score (nSPS) is 32.0. The van der Waals surface area contributed by atoms with Gasteiger partial charge in [-0.25, -0.2) is 0 Å². The van der Waals surface area contributed by atoms with Crippen LogP contribution in [0.15, 0.2) is 0 Å². The van der Waals surface area contributed by atoms with Crippen molar-refractivity contribution in [1.29, 1.82) is 0 Å². The van der Waals surface area contributed by atoms with E-state index in [1.807, 2.05) is 0 Å². The zero-order chi connectivity index (χ0) is 12.1. The summed E-state index contributed by atoms with van der Waals surface area (Å²) in [7, 11) is 0. The van der Waals surface area contributed by atoms with E-state index in [2.05, 4.69) is 4.90 Å². The highest BCUT2D eigenvalue weighted by atomic mass is 16.5. The van der Waals surface area contributed by atoms with Crippen molar-refractivity contribution in [1.82, 2.24) is 4.90 Å². The van der Waals surface area contributed by atoms with Crippen LogP contribution in [0.3, 0.4) is 0 Å². The molecular weight excluding hydrogens is 218 g/mol. The quantitative estimate of drug-likeness (QED) is 0.817. The summed E-state index contributed by atoms with van der Waals surface area (Å²) in [6.45, 7) is 3.88. The zero-order valence-corrected chi connectivity index (χ0v) is 10.5. The highest BCUT2D eigenvalue weighted by Crippen LogP contribution is 2.30. The molecule has 0 aliphatic carbocycles. The van der Waals surface area contributed by atoms with Gasteiger partial charge in [-0.1, -0.05) is 12.8 Å². The maximum Gasteiger partial charge on any atom is 0.313 e. The van der Waals surface area contributed by atoms with E-state index in [-0.39, 0.29) is 0 Å². The summed E-state index contributed by atoms with van der Waals surface area (Å²) < 4.78 is 5.41. The van der Waals surface area contributed by atoms with Crippen LogP contribution in [0.5, 0.6) is 0 Å². The predicted octanol–water partition coefficient (Wildman–Crippen LogP) is 1.74. The zero-order valence-electron chi connectivity index (χ0n) is 10.5. The highest BCUT2D eigenvalue weighted by Gasteiger charge is 2.41. The summed E-state index contributed by atoms with van der Waals surface area (Å²) in [6, 6.07) is 0. The van der Waals surface area contributed by atoms with Crippen LogP contribution in [0.25, 0.3) is 0 Å². The summed E-state index contributed by atoms with van der Waals surface area (Å²) in [5.74, 6) is -0.679. The lowest BCUT2D eigenvalue weighted by molar-refractivity contribution is -0.159. The van der Waals surface area contributed by atoms with Crippen LogP contribution in [0.2, 0.25) is 0 Å². The Morgan fingerprint density at radius 2 is 1.88 bits per heavy atom. The standard InChI is InChI=1S/C13H23NO3/c15-12(16)13(6-5-9-17-11-13)10-14-7-3-1-2-4-8-14/h1-11H2,(H,15,16). The van der Waals surface area contributed by atoms with Crippen LogP contribution in [-0.4, -0.2) is 48.8 Å². The van der Waals surface area contributed by atoms with Crippen LogP contribution in [0, 0.1) is 5.41 Å². The Morgan fingerprint density at radius 3 is 2.41 bits per heavy atom. The molecule has 0 radical (unpaired) electrons. The SMILES string of the molecule is O=C(O)C1(CN2CCCCCC2)CCCOC1. The Morgan fingerprint density at radius 1 is 1.18 bits per heavy atom. The summed E-state index contributed by atoms with van der Waals surface area (Å²) in [5, 5.41) is 9.48. The lowest BCUT2D eigenvalue weighted by atomic mass is 9.82. The molecule has 2 fully saturated rings. The molecule has 98 valence electrons. The minimum Gasteiger partial charge on any atom is -0.481 e. The average Bonchev–Trinajstić information content (AvgIpc) is 2.59. The first-order valence-corrected chi connectivity index (χ1v) is 6.76. The molecule has 0 spiro atoms. The van der Waals surface area contributed by atoms with Crippen LogP contribution >= 0.6 is 0 Å². The third-order valence-corrected chi connectivity index (χ3v) is 4.00. The molecule has 4 nitrogen and oxygen atoms in total. The van der Waals surface area contributed by atoms with Crippen LogP contribution in [-0.2, 0) is 9.53 Å². The van der Waals surface area contributed by atoms with Gasteiger partial charge in [0.1, 0.15) is 5.41 Å². The highest BCUT2D eigenvalue weighted by molar-refractivity contribution is 5.75. The van der Waals surface area contributed by atoms with Crippen molar-refractivity contribution < 1.29 is 14.6 Å². The van der Waals surface area contributed by atoms with E-state index in [4.69, 9.17) is 4.74 Å². The molecule has 17 heavy (non-hydrogen) atoms. The van der Waals surface area contributed by atoms with Crippen molar-refractivity contribution in [2.24, 2.45) is 5.41 Å². The second-order valence-corrected chi connectivity index (χ2v) is 5.43. The first kappa shape index (κ1) is 12.8. The first-order chi connectivity index (χ1) is 8.23. The summed E-state index contributed by atoms with van der Waals surface area (Å²) in [5.41, 5.74) is -0.650. The molecule has 1 N–H and O–H groups in total. The summed E-state index contributed by atoms with van der Waals surface area (Å²) in [6.07, 6.45) is 6.62. The van der Waals surface area contributed by atoms with E-state index < -0.39 is 11.4 Å². The largest absolute Gasteiger partial charge is 0.481 e. The molecule has 2 saturated heterocycles. The van der Waals surface area contributed by atoms with Gasteiger partial charge in [0.2, 0.25) is 0 Å². The van der Waals surface area contributed by atoms with Crippen molar-refractivity contribution in [3.63, 3.8) is 0 Å². The van der Waals surface area contributed by atoms with E-state index in [1.165, 1.54) is 25.7 Å². The molecule has 0 aromatic carbocycles. The third kappa shape index (κ3) is 3.19. The molecule has 0 aromatic rings. The van der Waals surface area contributed by atoms with Crippen molar-refractivity contribution in [3.8, 4) is 0 Å².